The monoisotopic (exact) mass is 517 g/mol. The molecule has 2 aromatic carbocycles. The highest BCUT2D eigenvalue weighted by molar-refractivity contribution is 7.15. The molecule has 1 aromatic heterocycles. The maximum absolute atomic E-state index is 12.9. The maximum Gasteiger partial charge on any atom is 0.416 e. The van der Waals surface area contributed by atoms with Gasteiger partial charge in [-0.15, -0.1) is 11.3 Å². The van der Waals surface area contributed by atoms with Crippen LogP contribution in [0.4, 0.5) is 13.2 Å². The lowest BCUT2D eigenvalue weighted by atomic mass is 9.98. The first kappa shape index (κ1) is 27.5. The van der Waals surface area contributed by atoms with E-state index in [9.17, 15) is 27.9 Å². The van der Waals surface area contributed by atoms with E-state index in [1.807, 2.05) is 19.9 Å². The van der Waals surface area contributed by atoms with Gasteiger partial charge in [-0.2, -0.15) is 13.2 Å². The molecule has 0 N–H and O–H groups in total. The lowest BCUT2D eigenvalue weighted by molar-refractivity contribution is -0.320. The molecule has 3 rings (SSSR count). The quantitative estimate of drug-likeness (QED) is 0.301. The molecule has 8 heteroatoms. The molecule has 0 aliphatic rings. The molecule has 36 heavy (non-hydrogen) atoms. The van der Waals surface area contributed by atoms with E-state index in [4.69, 9.17) is 4.74 Å². The van der Waals surface area contributed by atoms with E-state index < -0.39 is 23.3 Å². The van der Waals surface area contributed by atoms with Crippen molar-refractivity contribution in [2.75, 3.05) is 0 Å². The lowest BCUT2D eigenvalue weighted by Crippen LogP contribution is -2.48. The fraction of sp³-hybridized carbons (Fsp3) is 0.357. The Morgan fingerprint density at radius 2 is 1.67 bits per heavy atom. The Bertz CT molecular complexity index is 1250. The Labute approximate surface area is 212 Å². The van der Waals surface area contributed by atoms with Gasteiger partial charge in [-0.25, -0.2) is 0 Å². The fourth-order valence-corrected chi connectivity index (χ4v) is 5.04. The van der Waals surface area contributed by atoms with Crippen molar-refractivity contribution in [2.24, 2.45) is 0 Å². The van der Waals surface area contributed by atoms with Gasteiger partial charge in [-0.1, -0.05) is 26.0 Å². The number of benzene rings is 2. The highest BCUT2D eigenvalue weighted by Gasteiger charge is 2.30. The number of carbonyl (C=O) groups is 2. The van der Waals surface area contributed by atoms with Gasteiger partial charge in [0.05, 0.1) is 11.5 Å². The average Bonchev–Trinajstić information content (AvgIpc) is 3.23. The van der Waals surface area contributed by atoms with Gasteiger partial charge >= 0.3 is 6.18 Å². The summed E-state index contributed by atoms with van der Waals surface area (Å²) >= 11 is 1.49. The number of hydrogen-bond donors (Lipinski definition) is 0. The molecular formula is C28H28F3O4S-. The van der Waals surface area contributed by atoms with E-state index in [0.717, 1.165) is 27.5 Å². The Hall–Kier alpha value is -3.13. The van der Waals surface area contributed by atoms with Gasteiger partial charge in [0.25, 0.3) is 0 Å². The summed E-state index contributed by atoms with van der Waals surface area (Å²) in [7, 11) is 0. The van der Waals surface area contributed by atoms with Crippen LogP contribution in [0, 0.1) is 6.92 Å². The number of rotatable bonds is 9. The third-order valence-electron chi connectivity index (χ3n) is 5.89. The number of ketones is 1. The molecule has 0 atom stereocenters. The molecule has 0 radical (unpaired) electrons. The Kier molecular flexibility index (Phi) is 7.98. The second-order valence-electron chi connectivity index (χ2n) is 9.52. The van der Waals surface area contributed by atoms with Crippen molar-refractivity contribution >= 4 is 23.1 Å². The van der Waals surface area contributed by atoms with Crippen molar-refractivity contribution in [3.05, 3.63) is 75.7 Å². The van der Waals surface area contributed by atoms with Crippen molar-refractivity contribution in [1.29, 1.82) is 0 Å². The standard InChI is InChI=1S/C28H29F3O4S/c1-16(2)21-15-25(18-6-9-20(10-7-18)28(29,30)31)36-24(21)13-11-22(32)19-8-12-23(17(3)14-19)35-27(4,5)26(33)34/h6-10,12,14-16H,11,13H2,1-5H3,(H,33,34)/p-1. The summed E-state index contributed by atoms with van der Waals surface area (Å²) in [5, 5.41) is 11.2. The number of thiophene rings is 1. The van der Waals surface area contributed by atoms with Crippen LogP contribution in [-0.4, -0.2) is 17.4 Å². The Morgan fingerprint density at radius 3 is 2.19 bits per heavy atom. The number of carbonyl (C=O) groups excluding carboxylic acids is 2. The molecule has 1 heterocycles. The molecule has 0 aliphatic heterocycles. The molecule has 4 nitrogen and oxygen atoms in total. The number of halogens is 3. The minimum absolute atomic E-state index is 0.0667. The van der Waals surface area contributed by atoms with Gasteiger partial charge in [0.2, 0.25) is 0 Å². The summed E-state index contributed by atoms with van der Waals surface area (Å²) in [6.07, 6.45) is -3.61. The van der Waals surface area contributed by atoms with E-state index in [0.29, 0.717) is 28.9 Å². The molecule has 0 aliphatic carbocycles. The first-order valence-corrected chi connectivity index (χ1v) is 12.3. The van der Waals surface area contributed by atoms with E-state index in [2.05, 4.69) is 0 Å². The van der Waals surface area contributed by atoms with Crippen LogP contribution in [-0.2, 0) is 17.4 Å². The molecule has 0 amide bonds. The molecule has 0 saturated heterocycles. The maximum atomic E-state index is 12.9. The van der Waals surface area contributed by atoms with Crippen LogP contribution in [0.2, 0.25) is 0 Å². The number of carboxylic acid groups (broad SMARTS) is 1. The summed E-state index contributed by atoms with van der Waals surface area (Å²) in [6.45, 7) is 8.62. The zero-order valence-corrected chi connectivity index (χ0v) is 21.6. The van der Waals surface area contributed by atoms with Gasteiger partial charge in [-0.3, -0.25) is 4.79 Å². The van der Waals surface area contributed by atoms with Gasteiger partial charge in [0.1, 0.15) is 11.4 Å². The predicted molar refractivity (Wildman–Crippen MR) is 132 cm³/mol. The molecule has 0 spiro atoms. The van der Waals surface area contributed by atoms with Crippen molar-refractivity contribution in [3.63, 3.8) is 0 Å². The van der Waals surface area contributed by atoms with Crippen molar-refractivity contribution in [3.8, 4) is 16.2 Å². The smallest absolute Gasteiger partial charge is 0.416 e. The SMILES string of the molecule is Cc1cc(C(=O)CCc2sc(-c3ccc(C(F)(F)F)cc3)cc2C(C)C)ccc1OC(C)(C)C(=O)[O-]. The number of Topliss-reactive ketones (excluding diaryl/α,β-unsaturated/α-hetero) is 1. The number of aliphatic carboxylic acids is 1. The van der Waals surface area contributed by atoms with Crippen molar-refractivity contribution in [1.82, 2.24) is 0 Å². The van der Waals surface area contributed by atoms with Gasteiger partial charge in [-0.05, 0) is 86.2 Å². The van der Waals surface area contributed by atoms with Crippen LogP contribution in [0.25, 0.3) is 10.4 Å². The first-order valence-electron chi connectivity index (χ1n) is 11.5. The van der Waals surface area contributed by atoms with Gasteiger partial charge in [0.15, 0.2) is 5.78 Å². The number of hydrogen-bond acceptors (Lipinski definition) is 5. The second kappa shape index (κ2) is 10.5. The normalized spacial score (nSPS) is 12.1. The van der Waals surface area contributed by atoms with Crippen LogP contribution in [0.3, 0.4) is 0 Å². The Morgan fingerprint density at radius 1 is 1.03 bits per heavy atom. The molecule has 0 saturated carbocycles. The van der Waals surface area contributed by atoms with Crippen LogP contribution >= 0.6 is 11.3 Å². The summed E-state index contributed by atoms with van der Waals surface area (Å²) in [5.41, 5.74) is 0.724. The van der Waals surface area contributed by atoms with E-state index in [1.54, 1.807) is 25.1 Å². The largest absolute Gasteiger partial charge is 0.546 e. The minimum Gasteiger partial charge on any atom is -0.546 e. The topological polar surface area (TPSA) is 66.4 Å². The van der Waals surface area contributed by atoms with E-state index >= 15 is 0 Å². The number of carboxylic acids is 1. The first-order chi connectivity index (χ1) is 16.7. The highest BCUT2D eigenvalue weighted by Crippen LogP contribution is 2.38. The predicted octanol–water partition coefficient (Wildman–Crippen LogP) is 6.59. The summed E-state index contributed by atoms with van der Waals surface area (Å²) < 4.78 is 44.2. The fourth-order valence-electron chi connectivity index (χ4n) is 3.72. The highest BCUT2D eigenvalue weighted by atomic mass is 32.1. The number of alkyl halides is 3. The third-order valence-corrected chi connectivity index (χ3v) is 7.15. The molecule has 3 aromatic rings. The van der Waals surface area contributed by atoms with E-state index in [1.165, 1.54) is 37.3 Å². The zero-order chi connectivity index (χ0) is 26.8. The van der Waals surface area contributed by atoms with Crippen LogP contribution < -0.4 is 9.84 Å². The Balaban J connectivity index is 1.75. The minimum atomic E-state index is -4.38. The summed E-state index contributed by atoms with van der Waals surface area (Å²) in [6, 6.07) is 12.0. The van der Waals surface area contributed by atoms with Crippen LogP contribution in [0.5, 0.6) is 5.75 Å². The molecule has 0 bridgehead atoms. The van der Waals surface area contributed by atoms with E-state index in [-0.39, 0.29) is 18.1 Å². The molecule has 0 unspecified atom stereocenters. The number of ether oxygens (including phenoxy) is 1. The van der Waals surface area contributed by atoms with Crippen LogP contribution in [0.15, 0.2) is 48.5 Å². The summed E-state index contributed by atoms with van der Waals surface area (Å²) in [5.74, 6) is -0.847. The van der Waals surface area contributed by atoms with Gasteiger partial charge in [0, 0.05) is 21.7 Å². The summed E-state index contributed by atoms with van der Waals surface area (Å²) in [4.78, 5) is 26.0. The molecule has 0 fully saturated rings. The zero-order valence-electron chi connectivity index (χ0n) is 20.8. The van der Waals surface area contributed by atoms with Gasteiger partial charge < -0.3 is 14.6 Å². The lowest BCUT2D eigenvalue weighted by Gasteiger charge is -2.28. The third kappa shape index (κ3) is 6.35. The van der Waals surface area contributed by atoms with Crippen LogP contribution in [0.1, 0.15) is 72.0 Å². The van der Waals surface area contributed by atoms with Crippen molar-refractivity contribution in [2.45, 2.75) is 65.2 Å². The second-order valence-corrected chi connectivity index (χ2v) is 10.7. The average molecular weight is 518 g/mol. The van der Waals surface area contributed by atoms with Crippen molar-refractivity contribution < 1.29 is 32.6 Å². The molecular weight excluding hydrogens is 489 g/mol. The molecule has 192 valence electrons. The number of aryl methyl sites for hydroxylation is 2.